The molecule has 0 N–H and O–H groups in total. The van der Waals surface area contributed by atoms with Crippen molar-refractivity contribution in [1.29, 1.82) is 5.26 Å². The highest BCUT2D eigenvalue weighted by atomic mass is 16.5. The predicted octanol–water partition coefficient (Wildman–Crippen LogP) is 4.35. The number of fused-ring (bicyclic) bond motifs is 1. The average molecular weight is 349 g/mol. The largest absolute Gasteiger partial charge is 0.494 e. The van der Waals surface area contributed by atoms with Gasteiger partial charge >= 0.3 is 0 Å². The van der Waals surface area contributed by atoms with Crippen molar-refractivity contribution >= 4 is 11.0 Å². The van der Waals surface area contributed by atoms with Gasteiger partial charge in [-0.05, 0) is 23.6 Å². The maximum absolute atomic E-state index is 9.48. The number of aromatic nitrogens is 2. The lowest BCUT2D eigenvalue weighted by Gasteiger charge is -2.12. The monoisotopic (exact) mass is 349 g/mol. The van der Waals surface area contributed by atoms with E-state index in [1.807, 2.05) is 6.07 Å². The number of methoxy groups -OCH3 is 2. The van der Waals surface area contributed by atoms with Gasteiger partial charge in [0.05, 0.1) is 19.3 Å². The highest BCUT2D eigenvalue weighted by molar-refractivity contribution is 5.90. The molecule has 0 aliphatic rings. The molecule has 0 unspecified atom stereocenters. The molecule has 0 atom stereocenters. The third kappa shape index (κ3) is 3.16. The molecule has 3 aromatic rings. The summed E-state index contributed by atoms with van der Waals surface area (Å²) in [5.74, 6) is 1.99. The van der Waals surface area contributed by atoms with E-state index in [9.17, 15) is 5.26 Å². The van der Waals surface area contributed by atoms with E-state index in [1.54, 1.807) is 20.3 Å². The Morgan fingerprint density at radius 3 is 2.42 bits per heavy atom. The number of nitrogens with zero attached hydrogens (tertiary/aromatic N) is 3. The number of hydrogen-bond donors (Lipinski definition) is 0. The van der Waals surface area contributed by atoms with Crippen LogP contribution in [0.3, 0.4) is 0 Å². The highest BCUT2D eigenvalue weighted by Gasteiger charge is 2.19. The minimum atomic E-state index is 0.474. The summed E-state index contributed by atoms with van der Waals surface area (Å²) in [7, 11) is 3.31. The number of imidazole rings is 1. The number of hydrogen-bond acceptors (Lipinski definition) is 4. The maximum atomic E-state index is 9.48. The Morgan fingerprint density at radius 1 is 1.12 bits per heavy atom. The topological polar surface area (TPSA) is 60.1 Å². The van der Waals surface area contributed by atoms with Crippen molar-refractivity contribution in [3.8, 4) is 23.2 Å². The Hall–Kier alpha value is -2.84. The predicted molar refractivity (Wildman–Crippen MR) is 102 cm³/mol. The third-order valence-corrected chi connectivity index (χ3v) is 4.55. The summed E-state index contributed by atoms with van der Waals surface area (Å²) in [5, 5.41) is 9.48. The van der Waals surface area contributed by atoms with Gasteiger partial charge in [0, 0.05) is 19.2 Å². The van der Waals surface area contributed by atoms with Crippen LogP contribution in [0.5, 0.6) is 5.75 Å². The van der Waals surface area contributed by atoms with Crippen LogP contribution in [-0.4, -0.2) is 30.4 Å². The fourth-order valence-corrected chi connectivity index (χ4v) is 3.10. The summed E-state index contributed by atoms with van der Waals surface area (Å²) >= 11 is 0. The van der Waals surface area contributed by atoms with Crippen LogP contribution in [0.25, 0.3) is 22.4 Å². The molecule has 5 heteroatoms. The summed E-state index contributed by atoms with van der Waals surface area (Å²) in [6.45, 7) is 5.52. The fourth-order valence-electron chi connectivity index (χ4n) is 3.10. The standard InChI is InChI=1S/C21H23N3O2/c1-14(2)15-5-7-16(8-6-15)21-23-19-17(13-22)9-10-18(26-4)20(19)24(21)11-12-25-3/h5-10,14H,11-12H2,1-4H3. The molecular formula is C21H23N3O2. The smallest absolute Gasteiger partial charge is 0.144 e. The van der Waals surface area contributed by atoms with Crippen LogP contribution >= 0.6 is 0 Å². The molecule has 0 saturated carbocycles. The molecule has 3 rings (SSSR count). The number of benzene rings is 2. The summed E-state index contributed by atoms with van der Waals surface area (Å²) in [5.41, 5.74) is 4.31. The second-order valence-electron chi connectivity index (χ2n) is 6.48. The van der Waals surface area contributed by atoms with E-state index in [0.717, 1.165) is 16.9 Å². The molecule has 0 spiro atoms. The Labute approximate surface area is 153 Å². The van der Waals surface area contributed by atoms with Crippen LogP contribution in [0.2, 0.25) is 0 Å². The molecular weight excluding hydrogens is 326 g/mol. The van der Waals surface area contributed by atoms with E-state index in [0.29, 0.717) is 35.9 Å². The maximum Gasteiger partial charge on any atom is 0.144 e. The van der Waals surface area contributed by atoms with E-state index >= 15 is 0 Å². The van der Waals surface area contributed by atoms with Gasteiger partial charge in [-0.3, -0.25) is 0 Å². The quantitative estimate of drug-likeness (QED) is 0.664. The molecule has 1 aromatic heterocycles. The number of rotatable bonds is 6. The van der Waals surface area contributed by atoms with Gasteiger partial charge in [0.15, 0.2) is 0 Å². The summed E-state index contributed by atoms with van der Waals surface area (Å²) in [4.78, 5) is 4.79. The van der Waals surface area contributed by atoms with Crippen molar-refractivity contribution in [3.05, 3.63) is 47.5 Å². The normalized spacial score (nSPS) is 11.1. The molecule has 26 heavy (non-hydrogen) atoms. The number of nitriles is 1. The molecule has 134 valence electrons. The molecule has 0 saturated heterocycles. The van der Waals surface area contributed by atoms with Crippen LogP contribution in [0.1, 0.15) is 30.9 Å². The van der Waals surface area contributed by atoms with E-state index in [4.69, 9.17) is 14.5 Å². The third-order valence-electron chi connectivity index (χ3n) is 4.55. The molecule has 1 heterocycles. The second-order valence-corrected chi connectivity index (χ2v) is 6.48. The van der Waals surface area contributed by atoms with Crippen LogP contribution in [0, 0.1) is 11.3 Å². The van der Waals surface area contributed by atoms with Crippen LogP contribution in [0.4, 0.5) is 0 Å². The number of ether oxygens (including phenoxy) is 2. The van der Waals surface area contributed by atoms with Crippen LogP contribution < -0.4 is 4.74 Å². The Balaban J connectivity index is 2.25. The van der Waals surface area contributed by atoms with Crippen molar-refractivity contribution in [2.24, 2.45) is 0 Å². The lowest BCUT2D eigenvalue weighted by Crippen LogP contribution is -2.07. The van der Waals surface area contributed by atoms with E-state index in [-0.39, 0.29) is 0 Å². The Morgan fingerprint density at radius 2 is 1.85 bits per heavy atom. The molecule has 0 aliphatic carbocycles. The van der Waals surface area contributed by atoms with Gasteiger partial charge in [-0.25, -0.2) is 4.98 Å². The Bertz CT molecular complexity index is 950. The van der Waals surface area contributed by atoms with Crippen molar-refractivity contribution in [3.63, 3.8) is 0 Å². The molecule has 0 aliphatic heterocycles. The zero-order valence-corrected chi connectivity index (χ0v) is 15.6. The van der Waals surface area contributed by atoms with Gasteiger partial charge in [0.2, 0.25) is 0 Å². The first-order valence-electron chi connectivity index (χ1n) is 8.67. The molecule has 0 fully saturated rings. The van der Waals surface area contributed by atoms with Crippen LogP contribution in [-0.2, 0) is 11.3 Å². The van der Waals surface area contributed by atoms with E-state index in [2.05, 4.69) is 48.7 Å². The van der Waals surface area contributed by atoms with Gasteiger partial charge in [-0.2, -0.15) is 5.26 Å². The first-order valence-corrected chi connectivity index (χ1v) is 8.67. The molecule has 5 nitrogen and oxygen atoms in total. The van der Waals surface area contributed by atoms with Crippen LogP contribution in [0.15, 0.2) is 36.4 Å². The van der Waals surface area contributed by atoms with Crippen molar-refractivity contribution in [2.45, 2.75) is 26.3 Å². The first kappa shape index (κ1) is 18.0. The van der Waals surface area contributed by atoms with Gasteiger partial charge in [0.1, 0.15) is 28.7 Å². The van der Waals surface area contributed by atoms with Gasteiger partial charge < -0.3 is 14.0 Å². The lowest BCUT2D eigenvalue weighted by molar-refractivity contribution is 0.188. The minimum absolute atomic E-state index is 0.474. The minimum Gasteiger partial charge on any atom is -0.494 e. The van der Waals surface area contributed by atoms with Gasteiger partial charge in [-0.15, -0.1) is 0 Å². The average Bonchev–Trinajstić information content (AvgIpc) is 3.05. The SMILES string of the molecule is COCCn1c(-c2ccc(C(C)C)cc2)nc2c(C#N)ccc(OC)c21. The molecule has 0 amide bonds. The van der Waals surface area contributed by atoms with E-state index in [1.165, 1.54) is 5.56 Å². The van der Waals surface area contributed by atoms with Crippen molar-refractivity contribution in [1.82, 2.24) is 9.55 Å². The van der Waals surface area contributed by atoms with Gasteiger partial charge in [0.25, 0.3) is 0 Å². The summed E-state index contributed by atoms with van der Waals surface area (Å²) in [6.07, 6.45) is 0. The molecule has 2 aromatic carbocycles. The van der Waals surface area contributed by atoms with Crippen molar-refractivity contribution < 1.29 is 9.47 Å². The Kier molecular flexibility index (Phi) is 5.24. The van der Waals surface area contributed by atoms with Gasteiger partial charge in [-0.1, -0.05) is 38.1 Å². The summed E-state index contributed by atoms with van der Waals surface area (Å²) in [6, 6.07) is 14.2. The highest BCUT2D eigenvalue weighted by Crippen LogP contribution is 2.33. The molecule has 0 radical (unpaired) electrons. The first-order chi connectivity index (χ1) is 12.6. The zero-order chi connectivity index (χ0) is 18.7. The van der Waals surface area contributed by atoms with E-state index < -0.39 is 0 Å². The summed E-state index contributed by atoms with van der Waals surface area (Å²) < 4.78 is 12.9. The zero-order valence-electron chi connectivity index (χ0n) is 15.6. The molecule has 0 bridgehead atoms. The van der Waals surface area contributed by atoms with Crippen molar-refractivity contribution in [2.75, 3.05) is 20.8 Å². The lowest BCUT2D eigenvalue weighted by atomic mass is 10.0. The fraction of sp³-hybridized carbons (Fsp3) is 0.333. The second kappa shape index (κ2) is 7.59.